The molecule has 0 radical (unpaired) electrons. The molecule has 2 aromatic carbocycles. The van der Waals surface area contributed by atoms with Crippen molar-refractivity contribution >= 4 is 11.7 Å². The second-order valence-electron chi connectivity index (χ2n) is 5.50. The van der Waals surface area contributed by atoms with Crippen LogP contribution in [0.5, 0.6) is 0 Å². The van der Waals surface area contributed by atoms with Crippen LogP contribution < -0.4 is 5.73 Å². The Morgan fingerprint density at radius 3 is 2.17 bits per heavy atom. The molecule has 0 heterocycles. The first-order valence-electron chi connectivity index (χ1n) is 8.10. The maximum Gasteiger partial charge on any atom is 0.308 e. The molecule has 0 unspecified atom stereocenters. The molecule has 0 aliphatic rings. The van der Waals surface area contributed by atoms with Gasteiger partial charge in [0.1, 0.15) is 0 Å². The van der Waals surface area contributed by atoms with Crippen LogP contribution in [-0.4, -0.2) is 12.6 Å². The smallest absolute Gasteiger partial charge is 0.308 e. The number of nitrogen functional groups attached to an aromatic ring is 1. The van der Waals surface area contributed by atoms with E-state index in [0.29, 0.717) is 6.61 Å². The van der Waals surface area contributed by atoms with Gasteiger partial charge in [0.25, 0.3) is 0 Å². The fourth-order valence-corrected chi connectivity index (χ4v) is 2.10. The van der Waals surface area contributed by atoms with Crippen molar-refractivity contribution in [2.24, 2.45) is 5.92 Å². The first-order valence-corrected chi connectivity index (χ1v) is 8.10. The number of carbonyl (C=O) groups is 1. The predicted octanol–water partition coefficient (Wildman–Crippen LogP) is 4.70. The molecule has 2 aromatic rings. The third kappa shape index (κ3) is 5.78. The molecule has 3 heteroatoms. The summed E-state index contributed by atoms with van der Waals surface area (Å²) in [7, 11) is 0. The zero-order chi connectivity index (χ0) is 17.2. The van der Waals surface area contributed by atoms with Crippen LogP contribution in [0.3, 0.4) is 0 Å². The number of para-hydroxylation sites is 1. The average molecular weight is 313 g/mol. The highest BCUT2D eigenvalue weighted by molar-refractivity contribution is 5.78. The van der Waals surface area contributed by atoms with Crippen molar-refractivity contribution < 1.29 is 9.53 Å². The molecule has 0 bridgehead atoms. The summed E-state index contributed by atoms with van der Waals surface area (Å²) in [4.78, 5) is 10.5. The summed E-state index contributed by atoms with van der Waals surface area (Å²) < 4.78 is 4.66. The molecule has 23 heavy (non-hydrogen) atoms. The highest BCUT2D eigenvalue weighted by Crippen LogP contribution is 2.28. The molecule has 0 saturated heterocycles. The number of rotatable bonds is 4. The Morgan fingerprint density at radius 1 is 1.04 bits per heavy atom. The third-order valence-electron chi connectivity index (χ3n) is 3.42. The number of hydrogen-bond donors (Lipinski definition) is 1. The van der Waals surface area contributed by atoms with Crippen LogP contribution in [0.4, 0.5) is 5.69 Å². The van der Waals surface area contributed by atoms with Crippen LogP contribution in [0.1, 0.15) is 33.3 Å². The summed E-state index contributed by atoms with van der Waals surface area (Å²) in [6.45, 7) is 8.05. The van der Waals surface area contributed by atoms with E-state index in [-0.39, 0.29) is 11.9 Å². The number of carbonyl (C=O) groups excluding carboxylic acids is 1. The number of ether oxygens (including phenoxy) is 1. The summed E-state index contributed by atoms with van der Waals surface area (Å²) in [5.74, 6) is -0.109. The van der Waals surface area contributed by atoms with Crippen LogP contribution in [0.15, 0.2) is 48.5 Å². The number of anilines is 1. The Morgan fingerprint density at radius 2 is 1.70 bits per heavy atom. The molecule has 0 spiro atoms. The minimum absolute atomic E-state index is 0.00921. The van der Waals surface area contributed by atoms with Gasteiger partial charge < -0.3 is 10.5 Å². The maximum atomic E-state index is 10.5. The maximum absolute atomic E-state index is 10.5. The number of hydrogen-bond acceptors (Lipinski definition) is 3. The zero-order valence-corrected chi connectivity index (χ0v) is 14.5. The quantitative estimate of drug-likeness (QED) is 0.657. The zero-order valence-electron chi connectivity index (χ0n) is 14.5. The molecule has 0 aliphatic carbocycles. The third-order valence-corrected chi connectivity index (χ3v) is 3.42. The van der Waals surface area contributed by atoms with Gasteiger partial charge in [0.15, 0.2) is 0 Å². The first kappa shape index (κ1) is 18.8. The minimum Gasteiger partial charge on any atom is -0.466 e. The first-order chi connectivity index (χ1) is 11.0. The van der Waals surface area contributed by atoms with E-state index in [4.69, 9.17) is 5.73 Å². The number of nitrogens with two attached hydrogens (primary N) is 1. The van der Waals surface area contributed by atoms with Crippen molar-refractivity contribution in [3.8, 4) is 11.1 Å². The van der Waals surface area contributed by atoms with E-state index in [1.807, 2.05) is 32.0 Å². The molecular formula is C20H27NO2. The van der Waals surface area contributed by atoms with Crippen molar-refractivity contribution in [2.75, 3.05) is 12.3 Å². The lowest BCUT2D eigenvalue weighted by molar-refractivity contribution is -0.146. The Kier molecular flexibility index (Phi) is 7.89. The van der Waals surface area contributed by atoms with Gasteiger partial charge in [-0.2, -0.15) is 0 Å². The standard InChI is InChI=1S/C14H15N.C6H12O2/c1-2-11-9-6-10-13(14(11)15)12-7-4-3-5-8-12;1-4-8-6(7)5(2)3/h3-10H,2,15H2,1H3;5H,4H2,1-3H3. The highest BCUT2D eigenvalue weighted by Gasteiger charge is 2.05. The van der Waals surface area contributed by atoms with E-state index in [1.54, 1.807) is 6.92 Å². The summed E-state index contributed by atoms with van der Waals surface area (Å²) in [5, 5.41) is 0. The van der Waals surface area contributed by atoms with Crippen molar-refractivity contribution in [1.82, 2.24) is 0 Å². The fourth-order valence-electron chi connectivity index (χ4n) is 2.10. The van der Waals surface area contributed by atoms with Crippen LogP contribution >= 0.6 is 0 Å². The van der Waals surface area contributed by atoms with E-state index in [2.05, 4.69) is 42.0 Å². The molecule has 0 aromatic heterocycles. The average Bonchev–Trinajstić information content (AvgIpc) is 2.56. The molecule has 3 nitrogen and oxygen atoms in total. The molecule has 0 fully saturated rings. The predicted molar refractivity (Wildman–Crippen MR) is 97.1 cm³/mol. The van der Waals surface area contributed by atoms with Gasteiger partial charge in [0.2, 0.25) is 0 Å². The normalized spacial score (nSPS) is 9.96. The van der Waals surface area contributed by atoms with Crippen LogP contribution in [0.2, 0.25) is 0 Å². The lowest BCUT2D eigenvalue weighted by atomic mass is 9.99. The van der Waals surface area contributed by atoms with Gasteiger partial charge in [0.05, 0.1) is 12.5 Å². The van der Waals surface area contributed by atoms with Gasteiger partial charge in [-0.05, 0) is 24.5 Å². The molecule has 2 N–H and O–H groups in total. The van der Waals surface area contributed by atoms with Gasteiger partial charge in [0, 0.05) is 11.3 Å². The summed E-state index contributed by atoms with van der Waals surface area (Å²) in [6.07, 6.45) is 0.979. The van der Waals surface area contributed by atoms with Crippen molar-refractivity contribution in [3.05, 3.63) is 54.1 Å². The van der Waals surface area contributed by atoms with E-state index in [0.717, 1.165) is 17.7 Å². The molecule has 124 valence electrons. The molecule has 0 saturated carbocycles. The molecule has 2 rings (SSSR count). The second kappa shape index (κ2) is 9.67. The summed E-state index contributed by atoms with van der Waals surface area (Å²) in [5.41, 5.74) is 10.6. The van der Waals surface area contributed by atoms with Crippen molar-refractivity contribution in [2.45, 2.75) is 34.1 Å². The molecular weight excluding hydrogens is 286 g/mol. The Labute approximate surface area is 139 Å². The van der Waals surface area contributed by atoms with E-state index in [1.165, 1.54) is 11.1 Å². The van der Waals surface area contributed by atoms with E-state index in [9.17, 15) is 4.79 Å². The molecule has 0 aliphatic heterocycles. The summed E-state index contributed by atoms with van der Waals surface area (Å²) >= 11 is 0. The van der Waals surface area contributed by atoms with Crippen LogP contribution in [0, 0.1) is 5.92 Å². The number of aryl methyl sites for hydroxylation is 1. The Hall–Kier alpha value is -2.29. The number of esters is 1. The van der Waals surface area contributed by atoms with Gasteiger partial charge in [-0.15, -0.1) is 0 Å². The van der Waals surface area contributed by atoms with Crippen molar-refractivity contribution in [3.63, 3.8) is 0 Å². The van der Waals surface area contributed by atoms with Gasteiger partial charge in [-0.1, -0.05) is 69.3 Å². The fraction of sp³-hybridized carbons (Fsp3) is 0.350. The Bertz CT molecular complexity index is 606. The van der Waals surface area contributed by atoms with Gasteiger partial charge in [-0.3, -0.25) is 4.79 Å². The van der Waals surface area contributed by atoms with E-state index < -0.39 is 0 Å². The minimum atomic E-state index is -0.118. The lowest BCUT2D eigenvalue weighted by Gasteiger charge is -2.09. The SMILES string of the molecule is CCOC(=O)C(C)C.CCc1cccc(-c2ccccc2)c1N. The van der Waals surface area contributed by atoms with Gasteiger partial charge in [-0.25, -0.2) is 0 Å². The number of benzene rings is 2. The topological polar surface area (TPSA) is 52.3 Å². The largest absolute Gasteiger partial charge is 0.466 e. The molecule has 0 amide bonds. The lowest BCUT2D eigenvalue weighted by Crippen LogP contribution is -2.10. The summed E-state index contributed by atoms with van der Waals surface area (Å²) in [6, 6.07) is 16.5. The van der Waals surface area contributed by atoms with E-state index >= 15 is 0 Å². The monoisotopic (exact) mass is 313 g/mol. The van der Waals surface area contributed by atoms with Crippen LogP contribution in [-0.2, 0) is 16.0 Å². The van der Waals surface area contributed by atoms with Crippen LogP contribution in [0.25, 0.3) is 11.1 Å². The Balaban J connectivity index is 0.000000284. The van der Waals surface area contributed by atoms with Crippen molar-refractivity contribution in [1.29, 1.82) is 0 Å². The highest BCUT2D eigenvalue weighted by atomic mass is 16.5. The molecule has 0 atom stereocenters. The van der Waals surface area contributed by atoms with Gasteiger partial charge >= 0.3 is 5.97 Å². The second-order valence-corrected chi connectivity index (χ2v) is 5.50.